The lowest BCUT2D eigenvalue weighted by Crippen LogP contribution is -2.41. The largest absolute Gasteiger partial charge is 0.480 e. The van der Waals surface area contributed by atoms with Crippen LogP contribution < -0.4 is 44.0 Å². The van der Waals surface area contributed by atoms with Crippen LogP contribution in [0.25, 0.3) is 0 Å². The van der Waals surface area contributed by atoms with Crippen LogP contribution in [0, 0.1) is 36.5 Å². The number of hydrogen-bond acceptors (Lipinski definition) is 19. The van der Waals surface area contributed by atoms with Gasteiger partial charge in [0.1, 0.15) is 6.04 Å². The van der Waals surface area contributed by atoms with E-state index in [9.17, 15) is 31.2 Å². The minimum Gasteiger partial charge on any atom is -0.480 e. The maximum atomic E-state index is 12.3. The lowest BCUT2D eigenvalue weighted by molar-refractivity contribution is -0.143. The van der Waals surface area contributed by atoms with Crippen LogP contribution in [0.4, 0.5) is 17.1 Å². The minimum absolute atomic E-state index is 0. The molecule has 6 aromatic rings. The van der Waals surface area contributed by atoms with E-state index < -0.39 is 56.3 Å². The summed E-state index contributed by atoms with van der Waals surface area (Å²) >= 11 is -3.21. The van der Waals surface area contributed by atoms with E-state index in [-0.39, 0.29) is 48.3 Å². The third-order valence-electron chi connectivity index (χ3n) is 13.8. The second-order valence-corrected chi connectivity index (χ2v) is 29.0. The molecule has 0 saturated heterocycles. The number of hydrogen-bond donors (Lipinski definition) is 9. The Morgan fingerprint density at radius 2 is 0.688 bits per heavy atom. The highest BCUT2D eigenvalue weighted by atomic mass is 35.5. The molecule has 20 nitrogen and oxygen atoms in total. The summed E-state index contributed by atoms with van der Waals surface area (Å²) in [7, 11) is 0. The van der Waals surface area contributed by atoms with Crippen molar-refractivity contribution in [3.05, 3.63) is 162 Å². The molecule has 0 fully saturated rings. The molecule has 27 heteroatoms. The molecule has 6 rings (SSSR count). The number of rotatable bonds is 28. The summed E-state index contributed by atoms with van der Waals surface area (Å²) in [5.41, 5.74) is 25.7. The highest BCUT2D eigenvalue weighted by Crippen LogP contribution is 2.21. The van der Waals surface area contributed by atoms with E-state index >= 15 is 0 Å². The van der Waals surface area contributed by atoms with E-state index in [1.807, 2.05) is 95.7 Å². The average molecular weight is 1420 g/mol. The van der Waals surface area contributed by atoms with Crippen molar-refractivity contribution in [3.63, 3.8) is 0 Å². The van der Waals surface area contributed by atoms with Crippen molar-refractivity contribution in [2.75, 3.05) is 28.9 Å². The normalized spacial score (nSPS) is 13.9. The van der Waals surface area contributed by atoms with Gasteiger partial charge in [-0.1, -0.05) is 86.9 Å². The highest BCUT2D eigenvalue weighted by Gasteiger charge is 2.23. The van der Waals surface area contributed by atoms with Crippen molar-refractivity contribution in [1.29, 1.82) is 0 Å². The van der Waals surface area contributed by atoms with Gasteiger partial charge in [-0.3, -0.25) is 14.4 Å². The third kappa shape index (κ3) is 34.3. The second kappa shape index (κ2) is 46.0. The number of nitrogens with two attached hydrogens (primary N) is 2. The number of aryl methyl sites for hydroxylation is 1. The van der Waals surface area contributed by atoms with Gasteiger partial charge in [0, 0.05) is 62.1 Å². The van der Waals surface area contributed by atoms with Crippen LogP contribution in [-0.4, -0.2) is 82.4 Å². The fourth-order valence-electron chi connectivity index (χ4n) is 5.95. The summed E-state index contributed by atoms with van der Waals surface area (Å²) in [4.78, 5) is 39.9. The summed E-state index contributed by atoms with van der Waals surface area (Å²) < 4.78 is 68.0. The number of carbonyl (C=O) groups excluding carboxylic acids is 2. The first-order valence-corrected chi connectivity index (χ1v) is 36.5. The zero-order valence-corrected chi connectivity index (χ0v) is 61.8. The van der Waals surface area contributed by atoms with Gasteiger partial charge < -0.3 is 27.2 Å². The van der Waals surface area contributed by atoms with E-state index in [0.29, 0.717) is 77.5 Å². The second-order valence-electron chi connectivity index (χ2n) is 22.8. The maximum absolute atomic E-state index is 12.3. The highest BCUT2D eigenvalue weighted by molar-refractivity contribution is 7.98. The molecule has 0 aliphatic rings. The predicted molar refractivity (Wildman–Crippen MR) is 385 cm³/mol. The van der Waals surface area contributed by atoms with Gasteiger partial charge in [-0.25, -0.2) is 16.8 Å². The number of nitrogen functional groups attached to an aromatic ring is 1. The minimum atomic E-state index is -1.89. The van der Waals surface area contributed by atoms with Crippen molar-refractivity contribution in [3.8, 4) is 0 Å². The quantitative estimate of drug-likeness (QED) is 0.0125. The summed E-state index contributed by atoms with van der Waals surface area (Å²) in [6, 6.07) is 41.7. The number of amides is 2. The number of carbonyl (C=O) groups is 3. The molecule has 6 aromatic carbocycles. The van der Waals surface area contributed by atoms with Gasteiger partial charge in [0.15, 0.2) is 0 Å². The zero-order chi connectivity index (χ0) is 69.2. The molecule has 0 radical (unpaired) electrons. The number of anilines is 3. The van der Waals surface area contributed by atoms with Gasteiger partial charge in [0.2, 0.25) is 44.3 Å². The van der Waals surface area contributed by atoms with Crippen LogP contribution in [0.5, 0.6) is 0 Å². The number of carboxylic acid groups (broad SMARTS) is 1. The topological polar surface area (TPSA) is 301 Å². The van der Waals surface area contributed by atoms with Crippen LogP contribution in [0.2, 0.25) is 0 Å². The number of thioether (sulfide) groups is 2. The van der Waals surface area contributed by atoms with Crippen LogP contribution in [-0.2, 0) is 66.3 Å². The molecule has 0 spiro atoms. The molecular formula is C66H97ClN8O12S6. The number of halogens is 1. The first-order valence-electron chi connectivity index (χ1n) is 29.8. The maximum Gasteiger partial charge on any atom is 0.323 e. The summed E-state index contributed by atoms with van der Waals surface area (Å²) in [6.45, 7) is 30.0. The van der Waals surface area contributed by atoms with Gasteiger partial charge in [-0.05, 0) is 210 Å². The van der Waals surface area contributed by atoms with Gasteiger partial charge >= 0.3 is 5.97 Å². The fourth-order valence-corrected chi connectivity index (χ4v) is 9.49. The molecule has 11 N–H and O–H groups in total. The number of carboxylic acids is 1. The molecule has 516 valence electrons. The average Bonchev–Trinajstić information content (AvgIpc) is 1.09. The summed E-state index contributed by atoms with van der Waals surface area (Å²) in [5, 5.41) is 14.7. The molecule has 9 atom stereocenters. The van der Waals surface area contributed by atoms with Crippen molar-refractivity contribution in [1.82, 2.24) is 21.9 Å². The monoisotopic (exact) mass is 1420 g/mol. The Morgan fingerprint density at radius 3 is 0.935 bits per heavy atom. The summed E-state index contributed by atoms with van der Waals surface area (Å²) in [6.07, 6.45) is 3.95. The van der Waals surface area contributed by atoms with E-state index in [1.54, 1.807) is 122 Å². The molecule has 0 aliphatic carbocycles. The molecule has 0 saturated carbocycles. The predicted octanol–water partition coefficient (Wildman–Crippen LogP) is 13.4. The lowest BCUT2D eigenvalue weighted by atomic mass is 10.1. The molecule has 0 aliphatic heterocycles. The molecule has 0 aromatic heterocycles. The van der Waals surface area contributed by atoms with Gasteiger partial charge in [-0.15, -0.1) is 35.9 Å². The Hall–Kier alpha value is -5.24. The van der Waals surface area contributed by atoms with Crippen molar-refractivity contribution < 1.29 is 53.5 Å². The van der Waals surface area contributed by atoms with Crippen LogP contribution >= 0.6 is 35.9 Å². The molecule has 93 heavy (non-hydrogen) atoms. The van der Waals surface area contributed by atoms with Crippen LogP contribution in [0.3, 0.4) is 0 Å². The Kier molecular flexibility index (Phi) is 42.4. The lowest BCUT2D eigenvalue weighted by Gasteiger charge is -2.16. The van der Waals surface area contributed by atoms with Gasteiger partial charge in [-0.2, -0.15) is 39.1 Å². The Labute approximate surface area is 576 Å². The van der Waals surface area contributed by atoms with Crippen molar-refractivity contribution in [2.24, 2.45) is 35.3 Å². The van der Waals surface area contributed by atoms with E-state index in [2.05, 4.69) is 87.9 Å². The zero-order valence-electron chi connectivity index (χ0n) is 56.1. The molecule has 0 bridgehead atoms. The number of hydroxylamine groups is 4. The number of aliphatic carboxylic acids is 1. The smallest absolute Gasteiger partial charge is 0.323 e. The number of benzene rings is 6. The van der Waals surface area contributed by atoms with Crippen LogP contribution in [0.15, 0.2) is 175 Å². The SMILES string of the molecule is CC(C)C(C)N.CC(C)C(C)NOS(=O)c1ccc(N)cc1.CSc1ccc(C(=O)Nc2ccc(S(=O)ONC(C(=O)O)C(C)C)cc2)cc1.CSc1ccc(C(=O)Nc2ccc(S(=O)ONC(C)C(C)C)cc2)cc1.Cc1ccc(S(=O)ONC(C)C(C)C)cc1.Cl. The van der Waals surface area contributed by atoms with Crippen molar-refractivity contribution in [2.45, 2.75) is 163 Å². The van der Waals surface area contributed by atoms with E-state index in [0.717, 1.165) is 15.4 Å². The fraction of sp³-hybridized carbons (Fsp3) is 0.409. The first kappa shape index (κ1) is 85.8. The molecule has 0 heterocycles. The number of nitrogens with one attached hydrogen (secondary N) is 6. The van der Waals surface area contributed by atoms with Crippen molar-refractivity contribution >= 4 is 115 Å². The van der Waals surface area contributed by atoms with Crippen LogP contribution in [0.1, 0.15) is 123 Å². The van der Waals surface area contributed by atoms with E-state index in [1.165, 1.54) is 12.1 Å². The summed E-state index contributed by atoms with van der Waals surface area (Å²) in [5.74, 6) is 0.0987. The van der Waals surface area contributed by atoms with E-state index in [4.69, 9.17) is 33.7 Å². The Balaban J connectivity index is 0.000000615. The Morgan fingerprint density at radius 1 is 0.419 bits per heavy atom. The third-order valence-corrected chi connectivity index (χ3v) is 18.9. The molecule has 2 amide bonds. The van der Waals surface area contributed by atoms with Gasteiger partial charge in [0.05, 0.1) is 19.6 Å². The molecule has 9 unspecified atom stereocenters. The standard InChI is InChI=1S/C19H22N2O5S2.C19H24N2O3S2.C12H19NO2S.C11H18N2O2S.C5H13N.ClH/c1-12(2)17(19(23)24)21-26-28(25)16-10-6-14(7-11-16)20-18(22)13-4-8-15(27-3)9-5-13;1-13(2)14(3)21-24-26(23)18-11-7-16(8-12-18)20-19(22)15-5-9-17(25-4)10-6-15;1-9(2)11(4)13-15-16(14)12-7-5-10(3)6-8-12;1-8(2)9(3)13-15-16(14)11-6-4-10(12)5-7-11;1-4(2)5(3)6;/h4-12,17,21H,1-3H3,(H,20,22)(H,23,24);5-14,21H,1-4H3,(H,20,22);5-9,11,13H,1-4H3;4-9,13H,12H2,1-3H3;4-5H,6H2,1-3H3;1H. The van der Waals surface area contributed by atoms with Gasteiger partial charge in [0.25, 0.3) is 11.8 Å². The first-order chi connectivity index (χ1) is 43.4. The molecular weight excluding hydrogens is 1320 g/mol. The Bertz CT molecular complexity index is 3130.